The summed E-state index contributed by atoms with van der Waals surface area (Å²) in [6.07, 6.45) is 4.43. The van der Waals surface area contributed by atoms with Crippen molar-refractivity contribution in [3.8, 4) is 28.8 Å². The Morgan fingerprint density at radius 2 is 1.79 bits per heavy atom. The highest BCUT2D eigenvalue weighted by molar-refractivity contribution is 5.99. The summed E-state index contributed by atoms with van der Waals surface area (Å²) in [6, 6.07) is 15.5. The van der Waals surface area contributed by atoms with E-state index in [-0.39, 0.29) is 41.4 Å². The van der Waals surface area contributed by atoms with Crippen LogP contribution in [0.4, 0.5) is 10.2 Å². The Balaban J connectivity index is 1.25. The fourth-order valence-corrected chi connectivity index (χ4v) is 6.51. The van der Waals surface area contributed by atoms with Crippen LogP contribution in [0.1, 0.15) is 39.7 Å². The first-order valence-corrected chi connectivity index (χ1v) is 16.0. The maximum absolute atomic E-state index is 15.6. The van der Waals surface area contributed by atoms with E-state index in [4.69, 9.17) is 15.6 Å². The van der Waals surface area contributed by atoms with E-state index >= 15 is 4.39 Å². The molecule has 0 aliphatic carbocycles. The van der Waals surface area contributed by atoms with Crippen molar-refractivity contribution in [2.45, 2.75) is 45.2 Å². The summed E-state index contributed by atoms with van der Waals surface area (Å²) in [5.74, 6) is 0.211. The van der Waals surface area contributed by atoms with Crippen molar-refractivity contribution >= 4 is 28.7 Å². The number of carbonyl (C=O) groups excluding carboxylic acids is 2. The molecule has 2 N–H and O–H groups in total. The zero-order valence-corrected chi connectivity index (χ0v) is 27.3. The summed E-state index contributed by atoms with van der Waals surface area (Å²) in [7, 11) is 0. The van der Waals surface area contributed by atoms with E-state index in [0.717, 1.165) is 0 Å². The minimum Gasteiger partial charge on any atom is -0.457 e. The number of fused-ring (bicyclic) bond motifs is 1. The van der Waals surface area contributed by atoms with E-state index in [2.05, 4.69) is 20.9 Å². The lowest BCUT2D eigenvalue weighted by molar-refractivity contribution is -0.131. The molecule has 0 unspecified atom stereocenters. The van der Waals surface area contributed by atoms with Crippen molar-refractivity contribution in [1.82, 2.24) is 34.4 Å². The molecular formula is C35H38FN9O3. The number of ether oxygens (including phenoxy) is 1. The molecule has 4 heterocycles. The fourth-order valence-electron chi connectivity index (χ4n) is 6.51. The van der Waals surface area contributed by atoms with Crippen LogP contribution in [0.25, 0.3) is 22.3 Å². The van der Waals surface area contributed by atoms with Gasteiger partial charge in [-0.25, -0.2) is 19.0 Å². The third-order valence-corrected chi connectivity index (χ3v) is 9.11. The molecule has 2 aromatic heterocycles. The standard InChI is InChI=1S/C35H38FN9O3/c1-23(46)42-14-16-44(17-15-42)35(2,3)19-24(20-37)34(47)43-13-7-8-25(21-43)45-33-30(32(38)39-22-40-33)31(41-45)28-12-11-27(18-29(28)36)48-26-9-5-4-6-10-26/h4-6,9-12,18-19,22,25H,7-8,13-17,21H2,1-3H3,(H2,38,39,40)/t25-/m0/s1. The molecule has 13 heteroatoms. The monoisotopic (exact) mass is 651 g/mol. The summed E-state index contributed by atoms with van der Waals surface area (Å²) in [5, 5.41) is 15.3. The number of nitrogen functional groups attached to an aromatic ring is 1. The first-order chi connectivity index (χ1) is 23.1. The summed E-state index contributed by atoms with van der Waals surface area (Å²) in [5.41, 5.74) is 6.73. The van der Waals surface area contributed by atoms with Crippen LogP contribution in [0.5, 0.6) is 11.5 Å². The lowest BCUT2D eigenvalue weighted by Gasteiger charge is -2.42. The number of halogens is 1. The quantitative estimate of drug-likeness (QED) is 0.224. The Labute approximate surface area is 278 Å². The van der Waals surface area contributed by atoms with Gasteiger partial charge in [0.05, 0.1) is 11.4 Å². The molecule has 48 heavy (non-hydrogen) atoms. The van der Waals surface area contributed by atoms with E-state index < -0.39 is 11.4 Å². The molecule has 4 aromatic rings. The van der Waals surface area contributed by atoms with Gasteiger partial charge < -0.3 is 20.3 Å². The number of piperidine rings is 1. The molecule has 0 radical (unpaired) electrons. The van der Waals surface area contributed by atoms with Crippen molar-refractivity contribution in [2.24, 2.45) is 0 Å². The molecule has 2 aromatic carbocycles. The van der Waals surface area contributed by atoms with Crippen LogP contribution < -0.4 is 10.5 Å². The molecule has 0 bridgehead atoms. The minimum atomic E-state index is -0.577. The van der Waals surface area contributed by atoms with Crippen LogP contribution in [-0.4, -0.2) is 91.1 Å². The summed E-state index contributed by atoms with van der Waals surface area (Å²) < 4.78 is 23.2. The molecule has 6 rings (SSSR count). The molecule has 1 atom stereocenters. The van der Waals surface area contributed by atoms with E-state index in [1.807, 2.05) is 32.0 Å². The van der Waals surface area contributed by atoms with Gasteiger partial charge in [-0.05, 0) is 57.0 Å². The molecule has 0 saturated carbocycles. The molecule has 2 aliphatic rings. The highest BCUT2D eigenvalue weighted by atomic mass is 19.1. The van der Waals surface area contributed by atoms with Crippen molar-refractivity contribution in [2.75, 3.05) is 45.0 Å². The number of hydrogen-bond acceptors (Lipinski definition) is 9. The zero-order valence-electron chi connectivity index (χ0n) is 27.3. The second kappa shape index (κ2) is 13.4. The van der Waals surface area contributed by atoms with Gasteiger partial charge in [0.25, 0.3) is 5.91 Å². The molecule has 2 fully saturated rings. The van der Waals surface area contributed by atoms with Crippen LogP contribution in [0.2, 0.25) is 0 Å². The number of piperazine rings is 1. The number of benzene rings is 2. The number of carbonyl (C=O) groups is 2. The van der Waals surface area contributed by atoms with Crippen LogP contribution in [0.15, 0.2) is 66.5 Å². The summed E-state index contributed by atoms with van der Waals surface area (Å²) in [6.45, 7) is 8.75. The number of amides is 2. The molecule has 248 valence electrons. The van der Waals surface area contributed by atoms with E-state index in [0.29, 0.717) is 73.8 Å². The average molecular weight is 652 g/mol. The van der Waals surface area contributed by atoms with Gasteiger partial charge in [-0.15, -0.1) is 0 Å². The van der Waals surface area contributed by atoms with Crippen molar-refractivity contribution in [3.05, 3.63) is 72.3 Å². The number of rotatable bonds is 7. The average Bonchev–Trinajstić information content (AvgIpc) is 3.48. The predicted molar refractivity (Wildman–Crippen MR) is 178 cm³/mol. The van der Waals surface area contributed by atoms with Gasteiger partial charge in [0.2, 0.25) is 5.91 Å². The molecule has 12 nitrogen and oxygen atoms in total. The Bertz CT molecular complexity index is 1910. The lowest BCUT2D eigenvalue weighted by atomic mass is 9.96. The lowest BCUT2D eigenvalue weighted by Crippen LogP contribution is -2.55. The molecular weight excluding hydrogens is 613 g/mol. The minimum absolute atomic E-state index is 0.0400. The van der Waals surface area contributed by atoms with Crippen molar-refractivity contribution in [1.29, 1.82) is 5.26 Å². The third-order valence-electron chi connectivity index (χ3n) is 9.11. The Morgan fingerprint density at radius 3 is 2.48 bits per heavy atom. The second-order valence-electron chi connectivity index (χ2n) is 12.7. The SMILES string of the molecule is CC(=O)N1CCN(C(C)(C)C=C(C#N)C(=O)N2CCC[C@H](n3nc(-c4ccc(Oc5ccccc5)cc4F)c4c(N)ncnc43)C2)CC1. The second-order valence-corrected chi connectivity index (χ2v) is 12.7. The fraction of sp³-hybridized carbons (Fsp3) is 0.371. The van der Waals surface area contributed by atoms with Gasteiger partial charge >= 0.3 is 0 Å². The molecule has 2 saturated heterocycles. The molecule has 2 amide bonds. The summed E-state index contributed by atoms with van der Waals surface area (Å²) >= 11 is 0. The normalized spacial score (nSPS) is 17.7. The van der Waals surface area contributed by atoms with Crippen LogP contribution in [0, 0.1) is 17.1 Å². The van der Waals surface area contributed by atoms with E-state index in [1.54, 1.807) is 51.7 Å². The van der Waals surface area contributed by atoms with Crippen LogP contribution in [0.3, 0.4) is 0 Å². The number of nitrogens with zero attached hydrogens (tertiary/aromatic N) is 8. The largest absolute Gasteiger partial charge is 0.457 e. The van der Waals surface area contributed by atoms with E-state index in [9.17, 15) is 14.9 Å². The smallest absolute Gasteiger partial charge is 0.264 e. The number of aromatic nitrogens is 4. The van der Waals surface area contributed by atoms with Crippen molar-refractivity contribution < 1.29 is 18.7 Å². The van der Waals surface area contributed by atoms with E-state index in [1.165, 1.54) is 12.4 Å². The number of nitrogens with two attached hydrogens (primary N) is 1. The van der Waals surface area contributed by atoms with Crippen molar-refractivity contribution in [3.63, 3.8) is 0 Å². The maximum atomic E-state index is 15.6. The van der Waals surface area contributed by atoms with Crippen LogP contribution in [-0.2, 0) is 9.59 Å². The van der Waals surface area contributed by atoms with Gasteiger partial charge in [0.15, 0.2) is 5.65 Å². The topological polar surface area (TPSA) is 146 Å². The van der Waals surface area contributed by atoms with Crippen LogP contribution >= 0.6 is 0 Å². The number of anilines is 1. The molecule has 2 aliphatic heterocycles. The Hall–Kier alpha value is -5.35. The predicted octanol–water partition coefficient (Wildman–Crippen LogP) is 4.56. The first-order valence-electron chi connectivity index (χ1n) is 16.0. The van der Waals surface area contributed by atoms with Gasteiger partial charge in [-0.2, -0.15) is 10.4 Å². The zero-order chi connectivity index (χ0) is 34.0. The number of likely N-dealkylation sites (tertiary alicyclic amines) is 1. The summed E-state index contributed by atoms with van der Waals surface area (Å²) in [4.78, 5) is 39.8. The Morgan fingerprint density at radius 1 is 1.04 bits per heavy atom. The highest BCUT2D eigenvalue weighted by Crippen LogP contribution is 2.36. The van der Waals surface area contributed by atoms with Gasteiger partial charge in [0, 0.05) is 63.4 Å². The van der Waals surface area contributed by atoms with Gasteiger partial charge in [-0.3, -0.25) is 14.5 Å². The molecule has 0 spiro atoms. The number of hydrogen-bond donors (Lipinski definition) is 1. The maximum Gasteiger partial charge on any atom is 0.264 e. The number of nitriles is 1. The third kappa shape index (κ3) is 6.57. The number of para-hydroxylation sites is 1. The first kappa shape index (κ1) is 32.6. The Kier molecular flexibility index (Phi) is 9.10. The van der Waals surface area contributed by atoms with Gasteiger partial charge in [-0.1, -0.05) is 18.2 Å². The highest BCUT2D eigenvalue weighted by Gasteiger charge is 2.34. The van der Waals surface area contributed by atoms with Gasteiger partial charge in [0.1, 0.15) is 46.8 Å².